The number of nitrogens with two attached hydrogens (primary N) is 2. The number of methoxy groups -OCH3 is 1. The second-order valence-electron chi connectivity index (χ2n) is 3.58. The zero-order chi connectivity index (χ0) is 11.5. The van der Waals surface area contributed by atoms with Gasteiger partial charge in [-0.1, -0.05) is 18.2 Å². The van der Waals surface area contributed by atoms with Crippen molar-refractivity contribution in [3.05, 3.63) is 42.5 Å². The number of nitrogen functional groups attached to an aromatic ring is 2. The summed E-state index contributed by atoms with van der Waals surface area (Å²) < 4.78 is 5.11. The fourth-order valence-electron chi connectivity index (χ4n) is 1.63. The van der Waals surface area contributed by atoms with Gasteiger partial charge in [-0.3, -0.25) is 0 Å². The Morgan fingerprint density at radius 3 is 2.31 bits per heavy atom. The molecule has 0 aliphatic heterocycles. The van der Waals surface area contributed by atoms with Crippen LogP contribution in [0.2, 0.25) is 0 Å². The maximum absolute atomic E-state index is 5.85. The predicted molar refractivity (Wildman–Crippen MR) is 67.3 cm³/mol. The van der Waals surface area contributed by atoms with Gasteiger partial charge in [-0.15, -0.1) is 0 Å². The molecule has 3 nitrogen and oxygen atoms in total. The number of rotatable bonds is 2. The van der Waals surface area contributed by atoms with Crippen LogP contribution in [0.5, 0.6) is 5.75 Å². The minimum atomic E-state index is 0.627. The van der Waals surface area contributed by atoms with Crippen LogP contribution in [-0.4, -0.2) is 7.11 Å². The van der Waals surface area contributed by atoms with Gasteiger partial charge in [0.25, 0.3) is 0 Å². The van der Waals surface area contributed by atoms with Gasteiger partial charge in [0.1, 0.15) is 5.75 Å². The summed E-state index contributed by atoms with van der Waals surface area (Å²) in [6, 6.07) is 13.4. The molecule has 2 aromatic rings. The first-order valence-electron chi connectivity index (χ1n) is 5.00. The summed E-state index contributed by atoms with van der Waals surface area (Å²) in [5, 5.41) is 0. The average molecular weight is 214 g/mol. The van der Waals surface area contributed by atoms with Crippen molar-refractivity contribution in [2.75, 3.05) is 18.6 Å². The molecule has 0 saturated heterocycles. The molecular formula is C13H14N2O. The second-order valence-corrected chi connectivity index (χ2v) is 3.58. The summed E-state index contributed by atoms with van der Waals surface area (Å²) in [6.07, 6.45) is 0. The van der Waals surface area contributed by atoms with Crippen LogP contribution in [0.15, 0.2) is 42.5 Å². The van der Waals surface area contributed by atoms with E-state index >= 15 is 0 Å². The van der Waals surface area contributed by atoms with Gasteiger partial charge in [0.15, 0.2) is 0 Å². The average Bonchev–Trinajstić information content (AvgIpc) is 2.29. The summed E-state index contributed by atoms with van der Waals surface area (Å²) in [7, 11) is 1.60. The molecule has 0 aliphatic rings. The fourth-order valence-corrected chi connectivity index (χ4v) is 1.63. The lowest BCUT2D eigenvalue weighted by molar-refractivity contribution is 0.417. The van der Waals surface area contributed by atoms with Crippen molar-refractivity contribution in [2.24, 2.45) is 0 Å². The van der Waals surface area contributed by atoms with Gasteiger partial charge in [-0.2, -0.15) is 0 Å². The van der Waals surface area contributed by atoms with Gasteiger partial charge in [-0.25, -0.2) is 0 Å². The van der Waals surface area contributed by atoms with Crippen LogP contribution in [0.4, 0.5) is 11.4 Å². The molecule has 0 heterocycles. The van der Waals surface area contributed by atoms with Gasteiger partial charge in [0, 0.05) is 5.69 Å². The Kier molecular flexibility index (Phi) is 2.68. The lowest BCUT2D eigenvalue weighted by Crippen LogP contribution is -1.92. The van der Waals surface area contributed by atoms with E-state index in [1.54, 1.807) is 7.11 Å². The van der Waals surface area contributed by atoms with Crippen LogP contribution in [0, 0.1) is 0 Å². The van der Waals surface area contributed by atoms with Crippen molar-refractivity contribution >= 4 is 11.4 Å². The van der Waals surface area contributed by atoms with E-state index in [2.05, 4.69) is 0 Å². The van der Waals surface area contributed by atoms with Crippen molar-refractivity contribution < 1.29 is 4.74 Å². The maximum atomic E-state index is 5.85. The SMILES string of the molecule is COc1ccc(-c2cccc(N)c2)cc1N. The van der Waals surface area contributed by atoms with E-state index in [1.807, 2.05) is 42.5 Å². The molecular weight excluding hydrogens is 200 g/mol. The van der Waals surface area contributed by atoms with E-state index in [1.165, 1.54) is 0 Å². The summed E-state index contributed by atoms with van der Waals surface area (Å²) >= 11 is 0. The Balaban J connectivity index is 2.45. The Hall–Kier alpha value is -2.16. The van der Waals surface area contributed by atoms with E-state index in [4.69, 9.17) is 16.2 Å². The van der Waals surface area contributed by atoms with E-state index in [0.29, 0.717) is 11.4 Å². The molecule has 0 bridgehead atoms. The molecule has 3 heteroatoms. The van der Waals surface area contributed by atoms with E-state index < -0.39 is 0 Å². The number of anilines is 2. The van der Waals surface area contributed by atoms with Crippen LogP contribution >= 0.6 is 0 Å². The zero-order valence-corrected chi connectivity index (χ0v) is 9.10. The van der Waals surface area contributed by atoms with Crippen molar-refractivity contribution in [1.82, 2.24) is 0 Å². The third-order valence-corrected chi connectivity index (χ3v) is 2.45. The standard InChI is InChI=1S/C13H14N2O/c1-16-13-6-5-10(8-12(13)15)9-3-2-4-11(14)7-9/h2-8H,14-15H2,1H3. The van der Waals surface area contributed by atoms with Crippen molar-refractivity contribution in [1.29, 1.82) is 0 Å². The van der Waals surface area contributed by atoms with Crippen LogP contribution in [0.25, 0.3) is 11.1 Å². The number of ether oxygens (including phenoxy) is 1. The number of benzene rings is 2. The zero-order valence-electron chi connectivity index (χ0n) is 9.10. The summed E-state index contributed by atoms with van der Waals surface area (Å²) in [5.41, 5.74) is 15.0. The van der Waals surface area contributed by atoms with Crippen molar-refractivity contribution in [3.8, 4) is 16.9 Å². The quantitative estimate of drug-likeness (QED) is 0.755. The Bertz CT molecular complexity index is 509. The molecule has 0 spiro atoms. The fraction of sp³-hybridized carbons (Fsp3) is 0.0769. The van der Waals surface area contributed by atoms with Gasteiger partial charge in [0.05, 0.1) is 12.8 Å². The first-order valence-corrected chi connectivity index (χ1v) is 5.00. The predicted octanol–water partition coefficient (Wildman–Crippen LogP) is 2.53. The highest BCUT2D eigenvalue weighted by Crippen LogP contribution is 2.28. The van der Waals surface area contributed by atoms with E-state index in [-0.39, 0.29) is 0 Å². The Labute approximate surface area is 94.6 Å². The van der Waals surface area contributed by atoms with Gasteiger partial charge >= 0.3 is 0 Å². The molecule has 2 aromatic carbocycles. The van der Waals surface area contributed by atoms with E-state index in [9.17, 15) is 0 Å². The summed E-state index contributed by atoms with van der Waals surface area (Å²) in [4.78, 5) is 0. The van der Waals surface area contributed by atoms with Crippen LogP contribution < -0.4 is 16.2 Å². The lowest BCUT2D eigenvalue weighted by Gasteiger charge is -2.07. The summed E-state index contributed by atoms with van der Waals surface area (Å²) in [6.45, 7) is 0. The number of hydrogen-bond donors (Lipinski definition) is 2. The highest BCUT2D eigenvalue weighted by molar-refractivity contribution is 5.72. The Morgan fingerprint density at radius 1 is 0.938 bits per heavy atom. The van der Waals surface area contributed by atoms with Gasteiger partial charge in [0.2, 0.25) is 0 Å². The first kappa shape index (κ1) is 10.4. The monoisotopic (exact) mass is 214 g/mol. The summed E-state index contributed by atoms with van der Waals surface area (Å²) in [5.74, 6) is 0.688. The smallest absolute Gasteiger partial charge is 0.141 e. The molecule has 0 radical (unpaired) electrons. The first-order chi connectivity index (χ1) is 7.70. The molecule has 0 amide bonds. The van der Waals surface area contributed by atoms with E-state index in [0.717, 1.165) is 16.8 Å². The van der Waals surface area contributed by atoms with Crippen molar-refractivity contribution in [3.63, 3.8) is 0 Å². The topological polar surface area (TPSA) is 61.3 Å². The molecule has 0 atom stereocenters. The molecule has 0 fully saturated rings. The third kappa shape index (κ3) is 1.93. The molecule has 2 rings (SSSR count). The molecule has 82 valence electrons. The van der Waals surface area contributed by atoms with Gasteiger partial charge in [-0.05, 0) is 35.4 Å². The molecule has 0 unspecified atom stereocenters. The highest BCUT2D eigenvalue weighted by Gasteiger charge is 2.02. The minimum Gasteiger partial charge on any atom is -0.495 e. The van der Waals surface area contributed by atoms with Crippen LogP contribution in [-0.2, 0) is 0 Å². The molecule has 4 N–H and O–H groups in total. The second kappa shape index (κ2) is 4.14. The Morgan fingerprint density at radius 2 is 1.69 bits per heavy atom. The normalized spacial score (nSPS) is 10.1. The number of hydrogen-bond acceptors (Lipinski definition) is 3. The van der Waals surface area contributed by atoms with Gasteiger partial charge < -0.3 is 16.2 Å². The largest absolute Gasteiger partial charge is 0.495 e. The molecule has 0 saturated carbocycles. The van der Waals surface area contributed by atoms with Crippen LogP contribution in [0.1, 0.15) is 0 Å². The molecule has 0 aliphatic carbocycles. The molecule has 0 aromatic heterocycles. The van der Waals surface area contributed by atoms with Crippen molar-refractivity contribution in [2.45, 2.75) is 0 Å². The highest BCUT2D eigenvalue weighted by atomic mass is 16.5. The van der Waals surface area contributed by atoms with Crippen LogP contribution in [0.3, 0.4) is 0 Å². The minimum absolute atomic E-state index is 0.627. The molecule has 16 heavy (non-hydrogen) atoms. The lowest BCUT2D eigenvalue weighted by atomic mass is 10.0. The maximum Gasteiger partial charge on any atom is 0.141 e. The third-order valence-electron chi connectivity index (χ3n) is 2.45.